The van der Waals surface area contributed by atoms with E-state index in [0.29, 0.717) is 51.9 Å². The number of carbonyl (C=O) groups is 4. The number of aliphatic carboxylic acids is 1. The average Bonchev–Trinajstić information content (AvgIpc) is 2.76. The van der Waals surface area contributed by atoms with E-state index in [-0.39, 0.29) is 44.8 Å². The number of carboxylic acids is 1. The van der Waals surface area contributed by atoms with Gasteiger partial charge in [-0.05, 0) is 67.2 Å². The highest BCUT2D eigenvalue weighted by Crippen LogP contribution is 2.22. The van der Waals surface area contributed by atoms with Crippen molar-refractivity contribution in [1.82, 2.24) is 14.9 Å². The number of piperidine rings is 2. The minimum absolute atomic E-state index is 0. The molecule has 0 aromatic carbocycles. The number of rotatable bonds is 3. The number of nitrogens with zero attached hydrogens (tertiary/aromatic N) is 3. The van der Waals surface area contributed by atoms with Crippen LogP contribution in [0.5, 0.6) is 0 Å². The van der Waals surface area contributed by atoms with Gasteiger partial charge in [0.05, 0.1) is 13.0 Å². The van der Waals surface area contributed by atoms with Crippen LogP contribution < -0.4 is 0 Å². The molecule has 2 aliphatic heterocycles. The molecule has 2 aliphatic rings. The monoisotopic (exact) mass is 533 g/mol. The van der Waals surface area contributed by atoms with Crippen LogP contribution in [0.2, 0.25) is 0 Å². The fourth-order valence-electron chi connectivity index (χ4n) is 3.62. The SMILES string of the molecule is C.C.CC(C)(C)OC(=O)N1CCC(C(=O)O)CC1.CON(C)C(=O)C1CCN(C(=O)OC(C)(C)C)CC1. The predicted molar refractivity (Wildman–Crippen MR) is 142 cm³/mol. The molecule has 0 radical (unpaired) electrons. The molecule has 2 heterocycles. The molecule has 2 fully saturated rings. The molecule has 11 nitrogen and oxygen atoms in total. The number of carbonyl (C=O) groups excluding carboxylic acids is 3. The Morgan fingerprint density at radius 3 is 1.32 bits per heavy atom. The first-order valence-corrected chi connectivity index (χ1v) is 12.0. The zero-order valence-electron chi connectivity index (χ0n) is 22.5. The lowest BCUT2D eigenvalue weighted by atomic mass is 9.96. The Kier molecular flexibility index (Phi) is 15.5. The number of hydrogen-bond donors (Lipinski definition) is 1. The standard InChI is InChI=1S/C13H24N2O4.C11H19NO4.2CH4/c1-13(2,3)19-12(17)15-8-6-10(7-9-15)11(16)14(4)18-5;1-11(2,3)16-10(15)12-6-4-8(5-7-12)9(13)14;;/h10H,6-9H2,1-5H3;8H,4-7H2,1-3H3,(H,13,14);2*1H4. The molecule has 0 aromatic rings. The molecule has 0 bridgehead atoms. The first kappa shape index (κ1) is 36.6. The average molecular weight is 534 g/mol. The summed E-state index contributed by atoms with van der Waals surface area (Å²) in [7, 11) is 3.07. The maximum absolute atomic E-state index is 11.9. The molecule has 37 heavy (non-hydrogen) atoms. The summed E-state index contributed by atoms with van der Waals surface area (Å²) in [6.07, 6.45) is 1.65. The first-order chi connectivity index (χ1) is 16.0. The molecule has 0 saturated carbocycles. The minimum atomic E-state index is -0.774. The fourth-order valence-corrected chi connectivity index (χ4v) is 3.62. The van der Waals surface area contributed by atoms with Crippen molar-refractivity contribution >= 4 is 24.1 Å². The predicted octanol–water partition coefficient (Wildman–Crippen LogP) is 4.64. The summed E-state index contributed by atoms with van der Waals surface area (Å²) in [5.74, 6) is -1.21. The van der Waals surface area contributed by atoms with Gasteiger partial charge >= 0.3 is 18.2 Å². The molecule has 218 valence electrons. The van der Waals surface area contributed by atoms with Crippen LogP contribution in [0.15, 0.2) is 0 Å². The summed E-state index contributed by atoms with van der Waals surface area (Å²) in [5.41, 5.74) is -0.985. The normalized spacial score (nSPS) is 16.8. The molecule has 11 heteroatoms. The van der Waals surface area contributed by atoms with E-state index in [1.165, 1.54) is 12.2 Å². The van der Waals surface area contributed by atoms with Crippen LogP contribution in [0, 0.1) is 11.8 Å². The number of amides is 3. The van der Waals surface area contributed by atoms with Gasteiger partial charge < -0.3 is 24.4 Å². The van der Waals surface area contributed by atoms with Gasteiger partial charge in [-0.15, -0.1) is 0 Å². The Morgan fingerprint density at radius 1 is 0.730 bits per heavy atom. The van der Waals surface area contributed by atoms with E-state index < -0.39 is 17.2 Å². The second-order valence-electron chi connectivity index (χ2n) is 10.8. The van der Waals surface area contributed by atoms with Gasteiger partial charge in [0, 0.05) is 39.1 Å². The smallest absolute Gasteiger partial charge is 0.410 e. The molecule has 0 atom stereocenters. The third kappa shape index (κ3) is 13.5. The molecule has 2 rings (SSSR count). The zero-order chi connectivity index (χ0) is 27.0. The van der Waals surface area contributed by atoms with Crippen molar-refractivity contribution < 1.29 is 38.6 Å². The van der Waals surface area contributed by atoms with Crippen molar-refractivity contribution in [3.05, 3.63) is 0 Å². The lowest BCUT2D eigenvalue weighted by Gasteiger charge is -2.33. The summed E-state index contributed by atoms with van der Waals surface area (Å²) >= 11 is 0. The van der Waals surface area contributed by atoms with Gasteiger partial charge in [-0.2, -0.15) is 0 Å². The van der Waals surface area contributed by atoms with E-state index in [4.69, 9.17) is 19.4 Å². The quantitative estimate of drug-likeness (QED) is 0.520. The highest BCUT2D eigenvalue weighted by Gasteiger charge is 2.32. The number of likely N-dealkylation sites (tertiary alicyclic amines) is 2. The van der Waals surface area contributed by atoms with Crippen molar-refractivity contribution in [3.8, 4) is 0 Å². The maximum atomic E-state index is 11.9. The van der Waals surface area contributed by atoms with Crippen molar-refractivity contribution in [2.24, 2.45) is 11.8 Å². The van der Waals surface area contributed by atoms with Crippen LogP contribution in [-0.4, -0.2) is 95.6 Å². The Labute approximate surface area is 223 Å². The second-order valence-corrected chi connectivity index (χ2v) is 10.8. The van der Waals surface area contributed by atoms with Crippen LogP contribution in [0.4, 0.5) is 9.59 Å². The van der Waals surface area contributed by atoms with E-state index in [1.807, 2.05) is 41.5 Å². The summed E-state index contributed by atoms with van der Waals surface area (Å²) in [6.45, 7) is 13.0. The van der Waals surface area contributed by atoms with Crippen molar-refractivity contribution in [2.45, 2.75) is 93.3 Å². The molecule has 1 N–H and O–H groups in total. The molecule has 2 saturated heterocycles. The third-order valence-electron chi connectivity index (χ3n) is 5.58. The maximum Gasteiger partial charge on any atom is 0.410 e. The van der Waals surface area contributed by atoms with Gasteiger partial charge in [-0.3, -0.25) is 14.4 Å². The van der Waals surface area contributed by atoms with E-state index in [0.717, 1.165) is 0 Å². The van der Waals surface area contributed by atoms with Crippen molar-refractivity contribution in [1.29, 1.82) is 0 Å². The first-order valence-electron chi connectivity index (χ1n) is 12.0. The van der Waals surface area contributed by atoms with Gasteiger partial charge in [0.25, 0.3) is 0 Å². The summed E-state index contributed by atoms with van der Waals surface area (Å²) < 4.78 is 10.5. The van der Waals surface area contributed by atoms with Crippen molar-refractivity contribution in [2.75, 3.05) is 40.3 Å². The van der Waals surface area contributed by atoms with E-state index >= 15 is 0 Å². The highest BCUT2D eigenvalue weighted by molar-refractivity contribution is 5.78. The molecule has 0 spiro atoms. The highest BCUT2D eigenvalue weighted by atomic mass is 16.7. The summed E-state index contributed by atoms with van der Waals surface area (Å²) in [5, 5.41) is 10.1. The molecule has 0 unspecified atom stereocenters. The van der Waals surface area contributed by atoms with Gasteiger partial charge in [0.1, 0.15) is 11.2 Å². The van der Waals surface area contributed by atoms with Gasteiger partial charge in [0.15, 0.2) is 0 Å². The molecule has 3 amide bonds. The summed E-state index contributed by atoms with van der Waals surface area (Å²) in [4.78, 5) is 54.2. The lowest BCUT2D eigenvalue weighted by molar-refractivity contribution is -0.174. The minimum Gasteiger partial charge on any atom is -0.481 e. The topological polar surface area (TPSA) is 126 Å². The Morgan fingerprint density at radius 2 is 1.05 bits per heavy atom. The van der Waals surface area contributed by atoms with E-state index in [1.54, 1.807) is 16.8 Å². The van der Waals surface area contributed by atoms with Gasteiger partial charge in [-0.1, -0.05) is 14.9 Å². The Hall–Kier alpha value is -2.56. The molecule has 0 aliphatic carbocycles. The number of carboxylic acid groups (broad SMARTS) is 1. The summed E-state index contributed by atoms with van der Waals surface area (Å²) in [6, 6.07) is 0. The van der Waals surface area contributed by atoms with Crippen LogP contribution in [0.25, 0.3) is 0 Å². The van der Waals surface area contributed by atoms with E-state index in [9.17, 15) is 19.2 Å². The number of hydroxylamine groups is 2. The van der Waals surface area contributed by atoms with Crippen LogP contribution >= 0.6 is 0 Å². The molecule has 0 aromatic heterocycles. The Balaban J connectivity index is 0. The van der Waals surface area contributed by atoms with Gasteiger partial charge in [-0.25, -0.2) is 14.7 Å². The molecular formula is C26H51N3O8. The number of ether oxygens (including phenoxy) is 2. The Bertz CT molecular complexity index is 729. The lowest BCUT2D eigenvalue weighted by Crippen LogP contribution is -2.45. The third-order valence-corrected chi connectivity index (χ3v) is 5.58. The van der Waals surface area contributed by atoms with Crippen LogP contribution in [0.1, 0.15) is 82.1 Å². The fraction of sp³-hybridized carbons (Fsp3) is 0.846. The number of hydrogen-bond acceptors (Lipinski definition) is 7. The largest absolute Gasteiger partial charge is 0.481 e. The second kappa shape index (κ2) is 15.6. The van der Waals surface area contributed by atoms with Crippen LogP contribution in [0.3, 0.4) is 0 Å². The molecular weight excluding hydrogens is 482 g/mol. The van der Waals surface area contributed by atoms with Crippen molar-refractivity contribution in [3.63, 3.8) is 0 Å². The van der Waals surface area contributed by atoms with Gasteiger partial charge in [0.2, 0.25) is 5.91 Å². The van der Waals surface area contributed by atoms with E-state index in [2.05, 4.69) is 0 Å². The zero-order valence-corrected chi connectivity index (χ0v) is 22.5. The van der Waals surface area contributed by atoms with Crippen LogP contribution in [-0.2, 0) is 23.9 Å².